The van der Waals surface area contributed by atoms with E-state index in [1.54, 1.807) is 19.9 Å². The van der Waals surface area contributed by atoms with Crippen LogP contribution in [0.5, 0.6) is 5.75 Å². The summed E-state index contributed by atoms with van der Waals surface area (Å²) >= 11 is 0. The Bertz CT molecular complexity index is 439. The first kappa shape index (κ1) is 14.6. The maximum Gasteiger partial charge on any atom is 0.296 e. The van der Waals surface area contributed by atoms with Gasteiger partial charge in [0.2, 0.25) is 0 Å². The fourth-order valence-corrected chi connectivity index (χ4v) is 1.96. The van der Waals surface area contributed by atoms with Crippen LogP contribution in [0, 0.1) is 6.92 Å². The first-order valence-corrected chi connectivity index (χ1v) is 5.74. The molecule has 0 saturated carbocycles. The van der Waals surface area contributed by atoms with E-state index in [-0.39, 0.29) is 6.42 Å². The normalized spacial score (nSPS) is 11.7. The molecule has 2 nitrogen and oxygen atoms in total. The molecule has 1 aromatic rings. The van der Waals surface area contributed by atoms with Gasteiger partial charge < -0.3 is 4.74 Å². The van der Waals surface area contributed by atoms with Crippen LogP contribution >= 0.6 is 0 Å². The number of hydrogen-bond acceptors (Lipinski definition) is 2. The average molecular weight is 256 g/mol. The summed E-state index contributed by atoms with van der Waals surface area (Å²) in [7, 11) is 1.53. The number of hydrogen-bond donors (Lipinski definition) is 0. The second-order valence-electron chi connectivity index (χ2n) is 5.03. The van der Waals surface area contributed by atoms with E-state index in [2.05, 4.69) is 0 Å². The van der Waals surface area contributed by atoms with Crippen molar-refractivity contribution < 1.29 is 18.3 Å². The maximum atomic E-state index is 12.4. The Hall–Kier alpha value is -1.45. The van der Waals surface area contributed by atoms with Crippen molar-refractivity contribution in [2.24, 2.45) is 0 Å². The summed E-state index contributed by atoms with van der Waals surface area (Å²) in [5.41, 5.74) is 1.10. The van der Waals surface area contributed by atoms with Crippen LogP contribution in [0.3, 0.4) is 0 Å². The number of alkyl halides is 2. The summed E-state index contributed by atoms with van der Waals surface area (Å²) in [4.78, 5) is 11.2. The highest BCUT2D eigenvalue weighted by Crippen LogP contribution is 2.35. The molecule has 0 spiro atoms. The lowest BCUT2D eigenvalue weighted by Gasteiger charge is -2.26. The van der Waals surface area contributed by atoms with Gasteiger partial charge in [0.15, 0.2) is 5.78 Å². The number of halogens is 2. The molecule has 0 saturated heterocycles. The van der Waals surface area contributed by atoms with Gasteiger partial charge >= 0.3 is 0 Å². The van der Waals surface area contributed by atoms with Crippen LogP contribution in [0.15, 0.2) is 18.2 Å². The predicted octanol–water partition coefficient (Wildman–Crippen LogP) is 3.51. The molecule has 0 unspecified atom stereocenters. The van der Waals surface area contributed by atoms with E-state index in [1.807, 2.05) is 19.1 Å². The predicted molar refractivity (Wildman–Crippen MR) is 66.4 cm³/mol. The second-order valence-corrected chi connectivity index (χ2v) is 5.03. The molecular formula is C14H18F2O2. The fraction of sp³-hybridized carbons (Fsp3) is 0.500. The monoisotopic (exact) mass is 256 g/mol. The molecule has 4 heteroatoms. The van der Waals surface area contributed by atoms with Gasteiger partial charge in [-0.3, -0.25) is 4.79 Å². The number of benzene rings is 1. The zero-order valence-corrected chi connectivity index (χ0v) is 11.1. The molecule has 0 radical (unpaired) electrons. The zero-order valence-electron chi connectivity index (χ0n) is 11.1. The molecule has 18 heavy (non-hydrogen) atoms. The van der Waals surface area contributed by atoms with Crippen LogP contribution in [0.4, 0.5) is 8.78 Å². The number of ketones is 1. The minimum Gasteiger partial charge on any atom is -0.496 e. The van der Waals surface area contributed by atoms with E-state index in [9.17, 15) is 13.6 Å². The molecule has 0 atom stereocenters. The number of rotatable bonds is 5. The molecule has 0 heterocycles. The van der Waals surface area contributed by atoms with Crippen molar-refractivity contribution in [2.45, 2.75) is 39.0 Å². The van der Waals surface area contributed by atoms with Gasteiger partial charge in [-0.25, -0.2) is 8.78 Å². The lowest BCUT2D eigenvalue weighted by Crippen LogP contribution is -2.26. The smallest absolute Gasteiger partial charge is 0.296 e. The van der Waals surface area contributed by atoms with Gasteiger partial charge in [0.25, 0.3) is 6.43 Å². The van der Waals surface area contributed by atoms with Crippen LogP contribution in [0.1, 0.15) is 31.4 Å². The Labute approximate surface area is 106 Å². The van der Waals surface area contributed by atoms with Gasteiger partial charge in [0, 0.05) is 17.4 Å². The second kappa shape index (κ2) is 5.46. The molecule has 0 amide bonds. The van der Waals surface area contributed by atoms with Crippen LogP contribution in [-0.4, -0.2) is 19.3 Å². The minimum atomic E-state index is -2.92. The third-order valence-electron chi connectivity index (χ3n) is 2.94. The van der Waals surface area contributed by atoms with Gasteiger partial charge in [0.05, 0.1) is 7.11 Å². The molecule has 0 aliphatic heterocycles. The SMILES string of the molecule is COc1ccc(C)cc1C(C)(C)CC(=O)C(F)F. The molecule has 0 N–H and O–H groups in total. The highest BCUT2D eigenvalue weighted by molar-refractivity contribution is 5.83. The Morgan fingerprint density at radius 3 is 2.50 bits per heavy atom. The summed E-state index contributed by atoms with van der Waals surface area (Å²) in [6.07, 6.45) is -3.12. The van der Waals surface area contributed by atoms with E-state index < -0.39 is 17.6 Å². The average Bonchev–Trinajstić information content (AvgIpc) is 2.28. The van der Waals surface area contributed by atoms with E-state index in [1.165, 1.54) is 7.11 Å². The largest absolute Gasteiger partial charge is 0.496 e. The van der Waals surface area contributed by atoms with Crippen molar-refractivity contribution in [3.63, 3.8) is 0 Å². The van der Waals surface area contributed by atoms with Crippen molar-refractivity contribution in [3.8, 4) is 5.75 Å². The van der Waals surface area contributed by atoms with Crippen LogP contribution in [0.2, 0.25) is 0 Å². The number of methoxy groups -OCH3 is 1. The van der Waals surface area contributed by atoms with Crippen LogP contribution < -0.4 is 4.74 Å². The van der Waals surface area contributed by atoms with Gasteiger partial charge in [-0.15, -0.1) is 0 Å². The van der Waals surface area contributed by atoms with E-state index in [4.69, 9.17) is 4.74 Å². The lowest BCUT2D eigenvalue weighted by atomic mass is 9.79. The Morgan fingerprint density at radius 1 is 1.39 bits per heavy atom. The molecular weight excluding hydrogens is 238 g/mol. The quantitative estimate of drug-likeness (QED) is 0.806. The van der Waals surface area contributed by atoms with Crippen molar-refractivity contribution >= 4 is 5.78 Å². The van der Waals surface area contributed by atoms with Crippen molar-refractivity contribution in [1.82, 2.24) is 0 Å². The summed E-state index contributed by atoms with van der Waals surface area (Å²) in [5, 5.41) is 0. The van der Waals surface area contributed by atoms with Gasteiger partial charge in [-0.2, -0.15) is 0 Å². The van der Waals surface area contributed by atoms with Crippen molar-refractivity contribution in [1.29, 1.82) is 0 Å². The molecule has 0 aliphatic rings. The first-order valence-electron chi connectivity index (χ1n) is 5.74. The number of aryl methyl sites for hydroxylation is 1. The summed E-state index contributed by atoms with van der Waals surface area (Å²) in [6, 6.07) is 5.55. The molecule has 1 rings (SSSR count). The Kier molecular flexibility index (Phi) is 4.43. The number of Topliss-reactive ketones (excluding diaryl/α,β-unsaturated/α-hetero) is 1. The van der Waals surface area contributed by atoms with Crippen molar-refractivity contribution in [3.05, 3.63) is 29.3 Å². The van der Waals surface area contributed by atoms with Crippen LogP contribution in [-0.2, 0) is 10.2 Å². The highest BCUT2D eigenvalue weighted by Gasteiger charge is 2.30. The molecule has 0 aromatic heterocycles. The Morgan fingerprint density at radius 2 is 2.00 bits per heavy atom. The zero-order chi connectivity index (χ0) is 13.9. The molecule has 0 fully saturated rings. The number of carbonyl (C=O) groups is 1. The van der Waals surface area contributed by atoms with Gasteiger partial charge in [0.1, 0.15) is 5.75 Å². The standard InChI is InChI=1S/C14H18F2O2/c1-9-5-6-12(18-4)10(7-9)14(2,3)8-11(17)13(15)16/h5-7,13H,8H2,1-4H3. The fourth-order valence-electron chi connectivity index (χ4n) is 1.96. The first-order chi connectivity index (χ1) is 8.27. The van der Waals surface area contributed by atoms with Gasteiger partial charge in [-0.1, -0.05) is 31.5 Å². The third-order valence-corrected chi connectivity index (χ3v) is 2.94. The Balaban J connectivity index is 3.10. The number of ether oxygens (including phenoxy) is 1. The number of carbonyl (C=O) groups excluding carboxylic acids is 1. The van der Waals surface area contributed by atoms with E-state index in [0.717, 1.165) is 11.1 Å². The van der Waals surface area contributed by atoms with E-state index in [0.29, 0.717) is 5.75 Å². The maximum absolute atomic E-state index is 12.4. The van der Waals surface area contributed by atoms with Gasteiger partial charge in [-0.05, 0) is 13.0 Å². The molecule has 0 aliphatic carbocycles. The van der Waals surface area contributed by atoms with Crippen molar-refractivity contribution in [2.75, 3.05) is 7.11 Å². The topological polar surface area (TPSA) is 26.3 Å². The third kappa shape index (κ3) is 3.28. The highest BCUT2D eigenvalue weighted by atomic mass is 19.3. The molecule has 1 aromatic carbocycles. The molecule has 100 valence electrons. The summed E-state index contributed by atoms with van der Waals surface area (Å²) in [5.74, 6) is -0.420. The summed E-state index contributed by atoms with van der Waals surface area (Å²) < 4.78 is 29.9. The van der Waals surface area contributed by atoms with Crippen LogP contribution in [0.25, 0.3) is 0 Å². The molecule has 0 bridgehead atoms. The minimum absolute atomic E-state index is 0.204. The van der Waals surface area contributed by atoms with E-state index >= 15 is 0 Å². The lowest BCUT2D eigenvalue weighted by molar-refractivity contribution is -0.130. The summed E-state index contributed by atoms with van der Waals surface area (Å²) in [6.45, 7) is 5.45.